The minimum Gasteiger partial charge on any atom is -0.394 e. The molecule has 68 heavy (non-hydrogen) atoms. The number of nitrogens with one attached hydrogen (secondary N) is 1. The molecule has 0 aromatic rings. The van der Waals surface area contributed by atoms with E-state index in [4.69, 9.17) is 9.47 Å². The minimum absolute atomic E-state index is 0.138. The van der Waals surface area contributed by atoms with E-state index in [-0.39, 0.29) is 12.5 Å². The van der Waals surface area contributed by atoms with Crippen LogP contribution in [0.1, 0.15) is 303 Å². The molecule has 0 spiro atoms. The summed E-state index contributed by atoms with van der Waals surface area (Å²) in [7, 11) is 0. The quantitative estimate of drug-likeness (QED) is 0.0261. The number of hydrogen-bond donors (Lipinski definition) is 6. The van der Waals surface area contributed by atoms with Crippen LogP contribution in [0.5, 0.6) is 0 Å². The van der Waals surface area contributed by atoms with E-state index in [2.05, 4.69) is 31.3 Å². The molecule has 0 aromatic carbocycles. The highest BCUT2D eigenvalue weighted by molar-refractivity contribution is 5.76. The third-order valence-electron chi connectivity index (χ3n) is 14.6. The Morgan fingerprint density at radius 3 is 1.21 bits per heavy atom. The zero-order chi connectivity index (χ0) is 49.4. The highest BCUT2D eigenvalue weighted by Crippen LogP contribution is 2.23. The van der Waals surface area contributed by atoms with Crippen molar-refractivity contribution in [3.63, 3.8) is 0 Å². The molecule has 1 fully saturated rings. The molecule has 0 aromatic heterocycles. The Labute approximate surface area is 420 Å². The number of hydrogen-bond acceptors (Lipinski definition) is 8. The second-order valence-electron chi connectivity index (χ2n) is 21.1. The molecule has 1 amide bonds. The molecule has 0 radical (unpaired) electrons. The molecule has 0 bridgehead atoms. The second-order valence-corrected chi connectivity index (χ2v) is 21.1. The van der Waals surface area contributed by atoms with Crippen molar-refractivity contribution in [3.05, 3.63) is 12.2 Å². The van der Waals surface area contributed by atoms with E-state index in [0.717, 1.165) is 51.4 Å². The van der Waals surface area contributed by atoms with E-state index >= 15 is 0 Å². The molecule has 9 heteroatoms. The fourth-order valence-electron chi connectivity index (χ4n) is 9.87. The van der Waals surface area contributed by atoms with Gasteiger partial charge in [0.25, 0.3) is 0 Å². The van der Waals surface area contributed by atoms with Crippen molar-refractivity contribution in [2.24, 2.45) is 0 Å². The number of aliphatic hydroxyl groups excluding tert-OH is 5. The summed E-state index contributed by atoms with van der Waals surface area (Å²) in [5, 5.41) is 54.6. The first-order valence-electron chi connectivity index (χ1n) is 29.9. The maximum absolute atomic E-state index is 13.0. The van der Waals surface area contributed by atoms with E-state index in [1.54, 1.807) is 0 Å². The predicted octanol–water partition coefficient (Wildman–Crippen LogP) is 14.8. The molecular formula is C59H115NO8. The SMILES string of the molecule is CCCCCC/C=C\CCCCCCCC(=O)NC(COC1OC(CO)C(O)C(O)C1O)C(O)CCCCCCCCCCCCCCCCCCCCCCCCCCCCCCCCCC. The van der Waals surface area contributed by atoms with Crippen LogP contribution in [0.25, 0.3) is 0 Å². The summed E-state index contributed by atoms with van der Waals surface area (Å²) < 4.78 is 11.3. The summed E-state index contributed by atoms with van der Waals surface area (Å²) >= 11 is 0. The van der Waals surface area contributed by atoms with Crippen LogP contribution in [-0.2, 0) is 14.3 Å². The molecule has 1 aliphatic rings. The lowest BCUT2D eigenvalue weighted by atomic mass is 9.99. The smallest absolute Gasteiger partial charge is 0.220 e. The van der Waals surface area contributed by atoms with E-state index in [0.29, 0.717) is 12.8 Å². The molecule has 6 N–H and O–H groups in total. The molecule has 0 aliphatic carbocycles. The zero-order valence-corrected chi connectivity index (χ0v) is 44.9. The average molecular weight is 967 g/mol. The number of carbonyl (C=O) groups is 1. The third-order valence-corrected chi connectivity index (χ3v) is 14.6. The van der Waals surface area contributed by atoms with Gasteiger partial charge in [0.2, 0.25) is 5.91 Å². The van der Waals surface area contributed by atoms with E-state index in [1.165, 1.54) is 225 Å². The summed E-state index contributed by atoms with van der Waals surface area (Å²) in [5.74, 6) is -0.150. The van der Waals surface area contributed by atoms with Gasteiger partial charge >= 0.3 is 0 Å². The lowest BCUT2D eigenvalue weighted by Gasteiger charge is -2.40. The number of ether oxygens (including phenoxy) is 2. The summed E-state index contributed by atoms with van der Waals surface area (Å²) in [6.07, 6.45) is 54.1. The number of allylic oxidation sites excluding steroid dienone is 2. The molecule has 1 rings (SSSR count). The van der Waals surface area contributed by atoms with Gasteiger partial charge in [-0.1, -0.05) is 270 Å². The molecule has 1 saturated heterocycles. The van der Waals surface area contributed by atoms with Crippen molar-refractivity contribution in [1.29, 1.82) is 0 Å². The van der Waals surface area contributed by atoms with Crippen LogP contribution < -0.4 is 5.32 Å². The standard InChI is InChI=1S/C59H115NO8/c1-3-5-7-9-11-13-15-17-18-19-20-21-22-23-24-25-26-27-28-29-30-31-32-33-34-35-37-38-40-42-44-46-48-53(62)52(51-67-59-58(66)57(65)56(64)54(50-61)68-59)60-55(63)49-47-45-43-41-39-36-16-14-12-10-8-6-4-2/h14,16,52-54,56-59,61-62,64-66H,3-13,15,17-51H2,1-2H3,(H,60,63)/b16-14-. The maximum atomic E-state index is 13.0. The van der Waals surface area contributed by atoms with Gasteiger partial charge in [-0.15, -0.1) is 0 Å². The predicted molar refractivity (Wildman–Crippen MR) is 286 cm³/mol. The number of rotatable bonds is 52. The zero-order valence-electron chi connectivity index (χ0n) is 44.9. The van der Waals surface area contributed by atoms with Crippen molar-refractivity contribution in [2.75, 3.05) is 13.2 Å². The van der Waals surface area contributed by atoms with Gasteiger partial charge < -0.3 is 40.3 Å². The van der Waals surface area contributed by atoms with Crippen LogP contribution >= 0.6 is 0 Å². The number of amides is 1. The van der Waals surface area contributed by atoms with Gasteiger partial charge in [-0.2, -0.15) is 0 Å². The highest BCUT2D eigenvalue weighted by atomic mass is 16.7. The van der Waals surface area contributed by atoms with Gasteiger partial charge in [-0.25, -0.2) is 0 Å². The largest absolute Gasteiger partial charge is 0.394 e. The van der Waals surface area contributed by atoms with Crippen LogP contribution in [0.4, 0.5) is 0 Å². The van der Waals surface area contributed by atoms with Gasteiger partial charge in [0.05, 0.1) is 25.4 Å². The first kappa shape index (κ1) is 64.9. The van der Waals surface area contributed by atoms with Gasteiger partial charge in [-0.3, -0.25) is 4.79 Å². The van der Waals surface area contributed by atoms with Crippen molar-refractivity contribution in [1.82, 2.24) is 5.32 Å². The average Bonchev–Trinajstić information content (AvgIpc) is 3.34. The van der Waals surface area contributed by atoms with Crippen molar-refractivity contribution in [2.45, 2.75) is 346 Å². The minimum atomic E-state index is -1.55. The fourth-order valence-corrected chi connectivity index (χ4v) is 9.87. The van der Waals surface area contributed by atoms with Crippen molar-refractivity contribution in [3.8, 4) is 0 Å². The third kappa shape index (κ3) is 38.6. The number of carbonyl (C=O) groups excluding carboxylic acids is 1. The van der Waals surface area contributed by atoms with Gasteiger partial charge in [0.1, 0.15) is 24.4 Å². The normalized spacial score (nSPS) is 19.5. The van der Waals surface area contributed by atoms with Crippen LogP contribution in [0.3, 0.4) is 0 Å². The van der Waals surface area contributed by atoms with E-state index in [9.17, 15) is 30.3 Å². The molecule has 1 aliphatic heterocycles. The summed E-state index contributed by atoms with van der Waals surface area (Å²) in [6, 6.07) is -0.720. The number of aliphatic hydroxyl groups is 5. The van der Waals surface area contributed by atoms with Crippen LogP contribution in [0.15, 0.2) is 12.2 Å². The summed E-state index contributed by atoms with van der Waals surface area (Å²) in [5.41, 5.74) is 0. The lowest BCUT2D eigenvalue weighted by Crippen LogP contribution is -2.60. The first-order valence-corrected chi connectivity index (χ1v) is 29.9. The monoisotopic (exact) mass is 966 g/mol. The Morgan fingerprint density at radius 1 is 0.485 bits per heavy atom. The molecular weight excluding hydrogens is 851 g/mol. The maximum Gasteiger partial charge on any atom is 0.220 e. The number of unbranched alkanes of at least 4 members (excludes halogenated alkanes) is 40. The summed E-state index contributed by atoms with van der Waals surface area (Å²) in [4.78, 5) is 13.0. The first-order chi connectivity index (χ1) is 33.3. The highest BCUT2D eigenvalue weighted by Gasteiger charge is 2.44. The molecule has 0 saturated carbocycles. The van der Waals surface area contributed by atoms with Crippen molar-refractivity contribution < 1.29 is 39.8 Å². The molecule has 1 heterocycles. The summed E-state index contributed by atoms with van der Waals surface area (Å²) in [6.45, 7) is 3.85. The van der Waals surface area contributed by atoms with E-state index < -0.39 is 49.5 Å². The Hall–Kier alpha value is -1.07. The Balaban J connectivity index is 2.09. The van der Waals surface area contributed by atoms with Crippen LogP contribution in [0.2, 0.25) is 0 Å². The molecule has 9 nitrogen and oxygen atoms in total. The Morgan fingerprint density at radius 2 is 0.824 bits per heavy atom. The molecule has 404 valence electrons. The lowest BCUT2D eigenvalue weighted by molar-refractivity contribution is -0.302. The van der Waals surface area contributed by atoms with Crippen LogP contribution in [0, 0.1) is 0 Å². The van der Waals surface area contributed by atoms with Crippen molar-refractivity contribution >= 4 is 5.91 Å². The Kier molecular flexibility index (Phi) is 47.3. The van der Waals surface area contributed by atoms with E-state index in [1.807, 2.05) is 0 Å². The second kappa shape index (κ2) is 49.5. The van der Waals surface area contributed by atoms with Crippen LogP contribution in [-0.4, -0.2) is 87.5 Å². The van der Waals surface area contributed by atoms with Gasteiger partial charge in [-0.05, 0) is 38.5 Å². The topological polar surface area (TPSA) is 149 Å². The molecule has 7 atom stereocenters. The van der Waals surface area contributed by atoms with Gasteiger partial charge in [0, 0.05) is 6.42 Å². The Bertz CT molecular complexity index is 1080. The fraction of sp³-hybridized carbons (Fsp3) is 0.949. The molecule has 7 unspecified atom stereocenters. The van der Waals surface area contributed by atoms with Gasteiger partial charge in [0.15, 0.2) is 6.29 Å².